The predicted octanol–water partition coefficient (Wildman–Crippen LogP) is 2.69. The van der Waals surface area contributed by atoms with Crippen LogP contribution in [0.15, 0.2) is 47.5 Å². The second-order valence-electron chi connectivity index (χ2n) is 4.89. The van der Waals surface area contributed by atoms with Gasteiger partial charge in [0.2, 0.25) is 0 Å². The highest BCUT2D eigenvalue weighted by molar-refractivity contribution is 9.10. The molecule has 0 saturated carbocycles. The molecule has 0 unspecified atom stereocenters. The number of nitrogens with zero attached hydrogens (tertiary/aromatic N) is 4. The Bertz CT molecular complexity index is 858. The van der Waals surface area contributed by atoms with Crippen molar-refractivity contribution in [2.75, 3.05) is 11.4 Å². The molecule has 104 valence electrons. The SMILES string of the molecule is O=C(c1nccn2c(Br)cnc12)N1CCc2ccccc21. The molecule has 3 aromatic rings. The van der Waals surface area contributed by atoms with Gasteiger partial charge in [-0.25, -0.2) is 9.97 Å². The van der Waals surface area contributed by atoms with E-state index in [9.17, 15) is 4.79 Å². The maximum Gasteiger partial charge on any atom is 0.280 e. The van der Waals surface area contributed by atoms with Crippen LogP contribution in [0.4, 0.5) is 5.69 Å². The minimum absolute atomic E-state index is 0.108. The number of imidazole rings is 1. The van der Waals surface area contributed by atoms with Crippen molar-refractivity contribution in [1.82, 2.24) is 14.4 Å². The van der Waals surface area contributed by atoms with Crippen LogP contribution in [0.25, 0.3) is 5.65 Å². The van der Waals surface area contributed by atoms with E-state index in [1.165, 1.54) is 5.56 Å². The van der Waals surface area contributed by atoms with Crippen LogP contribution in [0.1, 0.15) is 16.1 Å². The molecule has 0 atom stereocenters. The molecule has 0 saturated heterocycles. The summed E-state index contributed by atoms with van der Waals surface area (Å²) in [5.74, 6) is -0.108. The van der Waals surface area contributed by atoms with Crippen molar-refractivity contribution in [1.29, 1.82) is 0 Å². The quantitative estimate of drug-likeness (QED) is 0.683. The van der Waals surface area contributed by atoms with Gasteiger partial charge in [0.1, 0.15) is 4.60 Å². The molecule has 0 bridgehead atoms. The molecule has 1 aliphatic heterocycles. The van der Waals surface area contributed by atoms with Crippen molar-refractivity contribution in [3.05, 3.63) is 58.7 Å². The van der Waals surface area contributed by atoms with Gasteiger partial charge in [-0.1, -0.05) is 18.2 Å². The molecule has 1 aromatic carbocycles. The molecule has 0 radical (unpaired) electrons. The third-order valence-electron chi connectivity index (χ3n) is 3.72. The van der Waals surface area contributed by atoms with E-state index in [0.29, 0.717) is 17.9 Å². The summed E-state index contributed by atoms with van der Waals surface area (Å²) in [5.41, 5.74) is 3.11. The standard InChI is InChI=1S/C15H11BrN4O/c16-12-9-18-14-13(17-6-8-20(12)14)15(21)19-7-5-10-3-1-2-4-11(10)19/h1-4,6,8-9H,5,7H2. The topological polar surface area (TPSA) is 50.5 Å². The van der Waals surface area contributed by atoms with Crippen LogP contribution in [0.5, 0.6) is 0 Å². The molecule has 21 heavy (non-hydrogen) atoms. The molecule has 3 heterocycles. The summed E-state index contributed by atoms with van der Waals surface area (Å²) in [6.07, 6.45) is 5.95. The molecule has 0 aliphatic carbocycles. The van der Waals surface area contributed by atoms with Crippen LogP contribution in [-0.4, -0.2) is 26.8 Å². The zero-order chi connectivity index (χ0) is 14.4. The highest BCUT2D eigenvalue weighted by Gasteiger charge is 2.27. The number of fused-ring (bicyclic) bond motifs is 2. The first-order valence-corrected chi connectivity index (χ1v) is 7.42. The van der Waals surface area contributed by atoms with E-state index < -0.39 is 0 Å². The molecule has 0 fully saturated rings. The number of carbonyl (C=O) groups excluding carboxylic acids is 1. The Hall–Kier alpha value is -2.21. The summed E-state index contributed by atoms with van der Waals surface area (Å²) in [4.78, 5) is 23.1. The van der Waals surface area contributed by atoms with Crippen molar-refractivity contribution in [2.45, 2.75) is 6.42 Å². The summed E-state index contributed by atoms with van der Waals surface area (Å²) < 4.78 is 2.61. The lowest BCUT2D eigenvalue weighted by Crippen LogP contribution is -2.30. The zero-order valence-corrected chi connectivity index (χ0v) is 12.6. The number of amides is 1. The molecule has 1 amide bonds. The van der Waals surface area contributed by atoms with Crippen molar-refractivity contribution >= 4 is 33.2 Å². The summed E-state index contributed by atoms with van der Waals surface area (Å²) >= 11 is 3.41. The molecular weight excluding hydrogens is 332 g/mol. The van der Waals surface area contributed by atoms with E-state index in [1.807, 2.05) is 22.6 Å². The van der Waals surface area contributed by atoms with Gasteiger partial charge in [0, 0.05) is 24.6 Å². The van der Waals surface area contributed by atoms with E-state index in [0.717, 1.165) is 16.7 Å². The lowest BCUT2D eigenvalue weighted by Gasteiger charge is -2.16. The number of benzene rings is 1. The van der Waals surface area contributed by atoms with Gasteiger partial charge in [0.25, 0.3) is 5.91 Å². The van der Waals surface area contributed by atoms with Crippen LogP contribution in [-0.2, 0) is 6.42 Å². The van der Waals surface area contributed by atoms with E-state index in [4.69, 9.17) is 0 Å². The van der Waals surface area contributed by atoms with Crippen LogP contribution in [0.3, 0.4) is 0 Å². The number of rotatable bonds is 1. The first kappa shape index (κ1) is 12.5. The van der Waals surface area contributed by atoms with Crippen molar-refractivity contribution < 1.29 is 4.79 Å². The van der Waals surface area contributed by atoms with E-state index in [2.05, 4.69) is 32.0 Å². The number of para-hydroxylation sites is 1. The second kappa shape index (κ2) is 4.66. The fourth-order valence-electron chi connectivity index (χ4n) is 2.72. The molecule has 2 aromatic heterocycles. The molecule has 0 N–H and O–H groups in total. The van der Waals surface area contributed by atoms with Crippen LogP contribution < -0.4 is 4.90 Å². The van der Waals surface area contributed by atoms with Crippen LogP contribution in [0.2, 0.25) is 0 Å². The molecule has 4 rings (SSSR count). The Labute approximate surface area is 129 Å². The summed E-state index contributed by atoms with van der Waals surface area (Å²) in [6.45, 7) is 0.683. The summed E-state index contributed by atoms with van der Waals surface area (Å²) in [6, 6.07) is 7.98. The number of carbonyl (C=O) groups is 1. The van der Waals surface area contributed by atoms with Crippen LogP contribution >= 0.6 is 15.9 Å². The highest BCUT2D eigenvalue weighted by atomic mass is 79.9. The largest absolute Gasteiger partial charge is 0.306 e. The van der Waals surface area contributed by atoms with Crippen molar-refractivity contribution in [3.8, 4) is 0 Å². The third-order valence-corrected chi connectivity index (χ3v) is 4.30. The summed E-state index contributed by atoms with van der Waals surface area (Å²) in [7, 11) is 0. The van der Waals surface area contributed by atoms with Gasteiger partial charge >= 0.3 is 0 Å². The summed E-state index contributed by atoms with van der Waals surface area (Å²) in [5, 5.41) is 0. The third kappa shape index (κ3) is 1.86. The van der Waals surface area contributed by atoms with E-state index >= 15 is 0 Å². The monoisotopic (exact) mass is 342 g/mol. The number of halogens is 1. The minimum Gasteiger partial charge on any atom is -0.306 e. The predicted molar refractivity (Wildman–Crippen MR) is 82.5 cm³/mol. The average Bonchev–Trinajstić information content (AvgIpc) is 3.11. The second-order valence-corrected chi connectivity index (χ2v) is 5.70. The van der Waals surface area contributed by atoms with Gasteiger partial charge in [-0.05, 0) is 34.0 Å². The van der Waals surface area contributed by atoms with E-state index in [-0.39, 0.29) is 5.91 Å². The number of hydrogen-bond acceptors (Lipinski definition) is 3. The Morgan fingerprint density at radius 3 is 3.00 bits per heavy atom. The average molecular weight is 343 g/mol. The smallest absolute Gasteiger partial charge is 0.280 e. The molecular formula is C15H11BrN4O. The molecule has 0 spiro atoms. The van der Waals surface area contributed by atoms with Crippen molar-refractivity contribution in [2.24, 2.45) is 0 Å². The lowest BCUT2D eigenvalue weighted by molar-refractivity contribution is 0.0986. The number of hydrogen-bond donors (Lipinski definition) is 0. The molecule has 6 heteroatoms. The normalized spacial score (nSPS) is 13.7. The Balaban J connectivity index is 1.82. The fourth-order valence-corrected chi connectivity index (χ4v) is 3.11. The highest BCUT2D eigenvalue weighted by Crippen LogP contribution is 2.29. The van der Waals surface area contributed by atoms with Gasteiger partial charge in [-0.15, -0.1) is 0 Å². The van der Waals surface area contributed by atoms with E-state index in [1.54, 1.807) is 23.5 Å². The zero-order valence-electron chi connectivity index (χ0n) is 11.0. The Morgan fingerprint density at radius 1 is 1.24 bits per heavy atom. The first-order chi connectivity index (χ1) is 10.3. The minimum atomic E-state index is -0.108. The van der Waals surface area contributed by atoms with Crippen LogP contribution in [0, 0.1) is 0 Å². The lowest BCUT2D eigenvalue weighted by atomic mass is 10.2. The van der Waals surface area contributed by atoms with Crippen molar-refractivity contribution in [3.63, 3.8) is 0 Å². The maximum atomic E-state index is 12.8. The molecule has 5 nitrogen and oxygen atoms in total. The fraction of sp³-hybridized carbons (Fsp3) is 0.133. The Kier molecular flexibility index (Phi) is 2.78. The number of aromatic nitrogens is 3. The van der Waals surface area contributed by atoms with Gasteiger partial charge in [-0.3, -0.25) is 9.20 Å². The molecule has 1 aliphatic rings. The maximum absolute atomic E-state index is 12.8. The van der Waals surface area contributed by atoms with Gasteiger partial charge in [0.05, 0.1) is 6.20 Å². The number of anilines is 1. The first-order valence-electron chi connectivity index (χ1n) is 6.63. The van der Waals surface area contributed by atoms with Gasteiger partial charge in [0.15, 0.2) is 11.3 Å². The van der Waals surface area contributed by atoms with Gasteiger partial charge < -0.3 is 4.90 Å². The van der Waals surface area contributed by atoms with Gasteiger partial charge in [-0.2, -0.15) is 0 Å². The Morgan fingerprint density at radius 2 is 2.10 bits per heavy atom.